The van der Waals surface area contributed by atoms with Crippen molar-refractivity contribution in [1.29, 1.82) is 0 Å². The molecule has 0 amide bonds. The maximum atomic E-state index is 10.2. The molecule has 0 fully saturated rings. The molecule has 2 heteroatoms. The van der Waals surface area contributed by atoms with Crippen LogP contribution in [0, 0.1) is 0 Å². The van der Waals surface area contributed by atoms with Gasteiger partial charge in [0.2, 0.25) is 0 Å². The Morgan fingerprint density at radius 1 is 1.13 bits per heavy atom. The van der Waals surface area contributed by atoms with Gasteiger partial charge in [-0.05, 0) is 38.0 Å². The van der Waals surface area contributed by atoms with E-state index in [-0.39, 0.29) is 0 Å². The number of hydrogen-bond donors (Lipinski definition) is 0. The summed E-state index contributed by atoms with van der Waals surface area (Å²) in [4.78, 5) is 12.5. The molecule has 15 heavy (non-hydrogen) atoms. The highest BCUT2D eigenvalue weighted by Crippen LogP contribution is 2.15. The van der Waals surface area contributed by atoms with Crippen molar-refractivity contribution in [3.05, 3.63) is 29.8 Å². The van der Waals surface area contributed by atoms with Gasteiger partial charge in [0.15, 0.2) is 0 Å². The summed E-state index contributed by atoms with van der Waals surface area (Å²) >= 11 is 0. The molecule has 0 heterocycles. The van der Waals surface area contributed by atoms with Gasteiger partial charge in [0.05, 0.1) is 0 Å². The third-order valence-electron chi connectivity index (χ3n) is 2.62. The first kappa shape index (κ1) is 11.8. The second kappa shape index (κ2) is 6.23. The molecule has 0 spiro atoms. The van der Waals surface area contributed by atoms with Gasteiger partial charge in [0.25, 0.3) is 0 Å². The van der Waals surface area contributed by atoms with Gasteiger partial charge in [-0.1, -0.05) is 12.1 Å². The molecular weight excluding hydrogens is 186 g/mol. The number of rotatable bonds is 6. The third kappa shape index (κ3) is 3.39. The normalized spacial score (nSPS) is 10.0. The van der Waals surface area contributed by atoms with Crippen molar-refractivity contribution in [1.82, 2.24) is 0 Å². The van der Waals surface area contributed by atoms with Crippen molar-refractivity contribution in [2.24, 2.45) is 0 Å². The molecule has 0 radical (unpaired) electrons. The molecule has 0 bridgehead atoms. The molecular formula is C13H19NO. The summed E-state index contributed by atoms with van der Waals surface area (Å²) in [5.41, 5.74) is 2.49. The summed E-state index contributed by atoms with van der Waals surface area (Å²) in [6.45, 7) is 6.38. The molecule has 0 aromatic heterocycles. The first-order valence-corrected chi connectivity index (χ1v) is 5.59. The van der Waals surface area contributed by atoms with E-state index in [9.17, 15) is 4.79 Å². The molecule has 0 unspecified atom stereocenters. The average Bonchev–Trinajstić information content (AvgIpc) is 2.29. The van der Waals surface area contributed by atoms with Crippen LogP contribution in [0.3, 0.4) is 0 Å². The minimum Gasteiger partial charge on any atom is -0.372 e. The van der Waals surface area contributed by atoms with Gasteiger partial charge in [-0.15, -0.1) is 0 Å². The van der Waals surface area contributed by atoms with Crippen molar-refractivity contribution in [2.75, 3.05) is 18.0 Å². The Balaban J connectivity index is 2.66. The van der Waals surface area contributed by atoms with Crippen molar-refractivity contribution in [3.8, 4) is 0 Å². The van der Waals surface area contributed by atoms with Crippen LogP contribution in [0.4, 0.5) is 5.69 Å². The standard InChI is InChI=1S/C13H19NO/c1-3-14(4-2)13-9-7-12(8-10-13)6-5-11-15/h7-11H,3-6H2,1-2H3. The molecule has 1 rings (SSSR count). The van der Waals surface area contributed by atoms with Crippen LogP contribution < -0.4 is 4.90 Å². The maximum Gasteiger partial charge on any atom is 0.120 e. The third-order valence-corrected chi connectivity index (χ3v) is 2.62. The van der Waals surface area contributed by atoms with Gasteiger partial charge < -0.3 is 9.69 Å². The number of nitrogens with zero attached hydrogens (tertiary/aromatic N) is 1. The van der Waals surface area contributed by atoms with Crippen LogP contribution in [0.5, 0.6) is 0 Å². The smallest absolute Gasteiger partial charge is 0.120 e. The minimum atomic E-state index is 0.616. The van der Waals surface area contributed by atoms with Crippen LogP contribution in [-0.2, 0) is 11.2 Å². The number of aldehydes is 1. The summed E-state index contributed by atoms with van der Waals surface area (Å²) < 4.78 is 0. The van der Waals surface area contributed by atoms with Gasteiger partial charge in [-0.3, -0.25) is 0 Å². The van der Waals surface area contributed by atoms with Crippen molar-refractivity contribution in [3.63, 3.8) is 0 Å². The van der Waals surface area contributed by atoms with Crippen LogP contribution >= 0.6 is 0 Å². The van der Waals surface area contributed by atoms with Gasteiger partial charge >= 0.3 is 0 Å². The number of benzene rings is 1. The highest BCUT2D eigenvalue weighted by Gasteiger charge is 2.00. The highest BCUT2D eigenvalue weighted by atomic mass is 16.1. The summed E-state index contributed by atoms with van der Waals surface area (Å²) in [5, 5.41) is 0. The highest BCUT2D eigenvalue weighted by molar-refractivity contribution is 5.51. The summed E-state index contributed by atoms with van der Waals surface area (Å²) in [5.74, 6) is 0. The Labute approximate surface area is 91.9 Å². The molecule has 0 saturated carbocycles. The van der Waals surface area contributed by atoms with Crippen molar-refractivity contribution >= 4 is 12.0 Å². The predicted octanol–water partition coefficient (Wildman–Crippen LogP) is 2.66. The fraction of sp³-hybridized carbons (Fsp3) is 0.462. The zero-order valence-electron chi connectivity index (χ0n) is 9.57. The molecule has 0 atom stereocenters. The van der Waals surface area contributed by atoms with Crippen LogP contribution in [-0.4, -0.2) is 19.4 Å². The topological polar surface area (TPSA) is 20.3 Å². The number of carbonyl (C=O) groups excluding carboxylic acids is 1. The van der Waals surface area contributed by atoms with Crippen LogP contribution in [0.15, 0.2) is 24.3 Å². The SMILES string of the molecule is CCN(CC)c1ccc(CCC=O)cc1. The molecule has 1 aromatic carbocycles. The van der Waals surface area contributed by atoms with Gasteiger partial charge in [-0.25, -0.2) is 0 Å². The van der Waals surface area contributed by atoms with Crippen molar-refractivity contribution < 1.29 is 4.79 Å². The largest absolute Gasteiger partial charge is 0.372 e. The minimum absolute atomic E-state index is 0.616. The Morgan fingerprint density at radius 2 is 1.73 bits per heavy atom. The van der Waals surface area contributed by atoms with Crippen molar-refractivity contribution in [2.45, 2.75) is 26.7 Å². The Bertz CT molecular complexity index is 288. The van der Waals surface area contributed by atoms with E-state index in [1.807, 2.05) is 0 Å². The Morgan fingerprint density at radius 3 is 2.20 bits per heavy atom. The van der Waals surface area contributed by atoms with E-state index in [4.69, 9.17) is 0 Å². The van der Waals surface area contributed by atoms with Crippen LogP contribution in [0.2, 0.25) is 0 Å². The second-order valence-electron chi connectivity index (χ2n) is 3.54. The molecule has 0 N–H and O–H groups in total. The van der Waals surface area contributed by atoms with E-state index in [1.165, 1.54) is 11.3 Å². The zero-order valence-corrected chi connectivity index (χ0v) is 9.57. The monoisotopic (exact) mass is 205 g/mol. The number of anilines is 1. The van der Waals surface area contributed by atoms with E-state index >= 15 is 0 Å². The lowest BCUT2D eigenvalue weighted by atomic mass is 10.1. The number of carbonyl (C=O) groups is 1. The van der Waals surface area contributed by atoms with E-state index in [0.29, 0.717) is 6.42 Å². The van der Waals surface area contributed by atoms with E-state index < -0.39 is 0 Å². The molecule has 0 aliphatic heterocycles. The van der Waals surface area contributed by atoms with Gasteiger partial charge in [0.1, 0.15) is 6.29 Å². The average molecular weight is 205 g/mol. The lowest BCUT2D eigenvalue weighted by Crippen LogP contribution is -2.21. The zero-order chi connectivity index (χ0) is 11.1. The fourth-order valence-corrected chi connectivity index (χ4v) is 1.69. The van der Waals surface area contributed by atoms with Gasteiger partial charge in [0, 0.05) is 25.2 Å². The lowest BCUT2D eigenvalue weighted by Gasteiger charge is -2.21. The van der Waals surface area contributed by atoms with E-state index in [0.717, 1.165) is 25.8 Å². The predicted molar refractivity (Wildman–Crippen MR) is 64.4 cm³/mol. The maximum absolute atomic E-state index is 10.2. The molecule has 0 aliphatic rings. The first-order valence-electron chi connectivity index (χ1n) is 5.59. The summed E-state index contributed by atoms with van der Waals surface area (Å²) in [6.07, 6.45) is 2.44. The Kier molecular flexibility index (Phi) is 4.88. The second-order valence-corrected chi connectivity index (χ2v) is 3.54. The van der Waals surface area contributed by atoms with Gasteiger partial charge in [-0.2, -0.15) is 0 Å². The number of hydrogen-bond acceptors (Lipinski definition) is 2. The Hall–Kier alpha value is -1.31. The molecule has 2 nitrogen and oxygen atoms in total. The van der Waals surface area contributed by atoms with E-state index in [1.54, 1.807) is 0 Å². The van der Waals surface area contributed by atoms with E-state index in [2.05, 4.69) is 43.0 Å². The number of aryl methyl sites for hydroxylation is 1. The summed E-state index contributed by atoms with van der Waals surface area (Å²) in [7, 11) is 0. The van der Waals surface area contributed by atoms with Crippen LogP contribution in [0.25, 0.3) is 0 Å². The first-order chi connectivity index (χ1) is 7.31. The molecule has 1 aromatic rings. The lowest BCUT2D eigenvalue weighted by molar-refractivity contribution is -0.107. The van der Waals surface area contributed by atoms with Crippen LogP contribution in [0.1, 0.15) is 25.8 Å². The quantitative estimate of drug-likeness (QED) is 0.665. The molecule has 0 aliphatic carbocycles. The fourth-order valence-electron chi connectivity index (χ4n) is 1.69. The molecule has 82 valence electrons. The summed E-state index contributed by atoms with van der Waals surface area (Å²) in [6, 6.07) is 8.48. The molecule has 0 saturated heterocycles.